The molecule has 1 N–H and O–H groups in total. The van der Waals surface area contributed by atoms with Gasteiger partial charge in [-0.25, -0.2) is 4.79 Å². The number of carboxylic acid groups (broad SMARTS) is 1. The molecular formula is C9H14O4. The summed E-state index contributed by atoms with van der Waals surface area (Å²) in [6.07, 6.45) is 2.29. The van der Waals surface area contributed by atoms with Crippen LogP contribution in [0.3, 0.4) is 0 Å². The largest absolute Gasteiger partial charge is 0.478 e. The van der Waals surface area contributed by atoms with Gasteiger partial charge in [0.1, 0.15) is 0 Å². The highest BCUT2D eigenvalue weighted by molar-refractivity contribution is 5.85. The Labute approximate surface area is 77.5 Å². The van der Waals surface area contributed by atoms with Crippen LogP contribution in [0.5, 0.6) is 0 Å². The van der Waals surface area contributed by atoms with Gasteiger partial charge >= 0.3 is 5.97 Å². The molecule has 4 nitrogen and oxygen atoms in total. The molecule has 0 fully saturated rings. The number of ether oxygens (including phenoxy) is 2. The molecule has 0 aliphatic heterocycles. The number of carbonyl (C=O) groups is 1. The van der Waals surface area contributed by atoms with Crippen molar-refractivity contribution in [3.8, 4) is 0 Å². The van der Waals surface area contributed by atoms with Gasteiger partial charge in [0.05, 0.1) is 18.4 Å². The first-order chi connectivity index (χ1) is 6.07. The summed E-state index contributed by atoms with van der Waals surface area (Å²) in [5.74, 6) is -1.00. The van der Waals surface area contributed by atoms with Gasteiger partial charge < -0.3 is 14.6 Å². The SMILES string of the molecule is C=CCOC(C)OC=C(C)C(=O)O. The van der Waals surface area contributed by atoms with Gasteiger partial charge in [-0.3, -0.25) is 0 Å². The third kappa shape index (κ3) is 5.93. The average Bonchev–Trinajstić information content (AvgIpc) is 2.10. The molecule has 0 aromatic heterocycles. The van der Waals surface area contributed by atoms with Crippen LogP contribution in [0, 0.1) is 0 Å². The lowest BCUT2D eigenvalue weighted by molar-refractivity contribution is -0.133. The van der Waals surface area contributed by atoms with Crippen molar-refractivity contribution in [3.63, 3.8) is 0 Å². The minimum absolute atomic E-state index is 0.133. The molecule has 0 heterocycles. The summed E-state index contributed by atoms with van der Waals surface area (Å²) in [7, 11) is 0. The lowest BCUT2D eigenvalue weighted by Gasteiger charge is -2.10. The Morgan fingerprint density at radius 1 is 1.69 bits per heavy atom. The molecule has 0 bridgehead atoms. The van der Waals surface area contributed by atoms with Gasteiger partial charge in [0.15, 0.2) is 6.29 Å². The Morgan fingerprint density at radius 2 is 2.31 bits per heavy atom. The first kappa shape index (κ1) is 11.7. The van der Waals surface area contributed by atoms with Crippen molar-refractivity contribution in [1.29, 1.82) is 0 Å². The maximum Gasteiger partial charge on any atom is 0.334 e. The zero-order chi connectivity index (χ0) is 10.3. The van der Waals surface area contributed by atoms with Gasteiger partial charge in [0.2, 0.25) is 0 Å². The van der Waals surface area contributed by atoms with Gasteiger partial charge in [-0.1, -0.05) is 6.08 Å². The molecule has 0 aromatic rings. The van der Waals surface area contributed by atoms with Crippen LogP contribution >= 0.6 is 0 Å². The van der Waals surface area contributed by atoms with Gasteiger partial charge in [0.25, 0.3) is 0 Å². The van der Waals surface area contributed by atoms with Crippen LogP contribution in [0.2, 0.25) is 0 Å². The van der Waals surface area contributed by atoms with Crippen LogP contribution < -0.4 is 0 Å². The van der Waals surface area contributed by atoms with E-state index in [9.17, 15) is 4.79 Å². The molecule has 0 aromatic carbocycles. The Hall–Kier alpha value is -1.29. The van der Waals surface area contributed by atoms with E-state index in [1.54, 1.807) is 13.0 Å². The molecule has 0 radical (unpaired) electrons. The van der Waals surface area contributed by atoms with Crippen LogP contribution in [0.15, 0.2) is 24.5 Å². The Bertz CT molecular complexity index is 208. The highest BCUT2D eigenvalue weighted by atomic mass is 16.7. The zero-order valence-electron chi connectivity index (χ0n) is 7.82. The highest BCUT2D eigenvalue weighted by Crippen LogP contribution is 1.98. The summed E-state index contributed by atoms with van der Waals surface area (Å²) < 4.78 is 10.00. The third-order valence-corrected chi connectivity index (χ3v) is 1.22. The minimum Gasteiger partial charge on any atom is -0.478 e. The number of aliphatic carboxylic acids is 1. The summed E-state index contributed by atoms with van der Waals surface area (Å²) in [6.45, 7) is 6.96. The molecule has 0 amide bonds. The van der Waals surface area contributed by atoms with Crippen molar-refractivity contribution in [2.75, 3.05) is 6.61 Å². The molecule has 13 heavy (non-hydrogen) atoms. The van der Waals surface area contributed by atoms with Crippen molar-refractivity contribution in [2.45, 2.75) is 20.1 Å². The predicted molar refractivity (Wildman–Crippen MR) is 48.1 cm³/mol. The van der Waals surface area contributed by atoms with Crippen LogP contribution in [0.25, 0.3) is 0 Å². The number of rotatable bonds is 6. The van der Waals surface area contributed by atoms with E-state index in [-0.39, 0.29) is 5.57 Å². The zero-order valence-corrected chi connectivity index (χ0v) is 7.82. The monoisotopic (exact) mass is 186 g/mol. The quantitative estimate of drug-likeness (QED) is 0.296. The molecule has 74 valence electrons. The van der Waals surface area contributed by atoms with Crippen molar-refractivity contribution in [1.82, 2.24) is 0 Å². The van der Waals surface area contributed by atoms with Crippen molar-refractivity contribution < 1.29 is 19.4 Å². The molecule has 0 saturated carbocycles. The second-order valence-electron chi connectivity index (χ2n) is 2.43. The highest BCUT2D eigenvalue weighted by Gasteiger charge is 2.02. The topological polar surface area (TPSA) is 55.8 Å². The first-order valence-corrected chi connectivity index (χ1v) is 3.86. The van der Waals surface area contributed by atoms with E-state index in [4.69, 9.17) is 14.6 Å². The maximum atomic E-state index is 10.3. The fourth-order valence-corrected chi connectivity index (χ4v) is 0.491. The first-order valence-electron chi connectivity index (χ1n) is 3.86. The summed E-state index contributed by atoms with van der Waals surface area (Å²) in [6, 6.07) is 0. The Balaban J connectivity index is 3.79. The molecular weight excluding hydrogens is 172 g/mol. The predicted octanol–water partition coefficient (Wildman–Crippen LogP) is 1.54. The Morgan fingerprint density at radius 3 is 2.77 bits per heavy atom. The number of carboxylic acids is 1. The van der Waals surface area contributed by atoms with E-state index in [1.807, 2.05) is 0 Å². The molecule has 0 aliphatic carbocycles. The van der Waals surface area contributed by atoms with Crippen molar-refractivity contribution >= 4 is 5.97 Å². The molecule has 0 saturated heterocycles. The lowest BCUT2D eigenvalue weighted by Crippen LogP contribution is -2.10. The lowest BCUT2D eigenvalue weighted by atomic mass is 10.3. The van der Waals surface area contributed by atoms with E-state index in [0.29, 0.717) is 6.61 Å². The van der Waals surface area contributed by atoms with Crippen LogP contribution in [-0.4, -0.2) is 24.0 Å². The van der Waals surface area contributed by atoms with E-state index < -0.39 is 12.3 Å². The molecule has 1 unspecified atom stereocenters. The summed E-state index contributed by atoms with van der Waals surface area (Å²) in [4.78, 5) is 10.3. The summed E-state index contributed by atoms with van der Waals surface area (Å²) in [5, 5.41) is 8.47. The van der Waals surface area contributed by atoms with E-state index >= 15 is 0 Å². The molecule has 0 rings (SSSR count). The fourth-order valence-electron chi connectivity index (χ4n) is 0.491. The van der Waals surface area contributed by atoms with Gasteiger partial charge in [-0.15, -0.1) is 6.58 Å². The average molecular weight is 186 g/mol. The summed E-state index contributed by atoms with van der Waals surface area (Å²) >= 11 is 0. The van der Waals surface area contributed by atoms with Crippen molar-refractivity contribution in [3.05, 3.63) is 24.5 Å². The van der Waals surface area contributed by atoms with Crippen LogP contribution in [0.1, 0.15) is 13.8 Å². The Kier molecular flexibility index (Phi) is 5.63. The fraction of sp³-hybridized carbons (Fsp3) is 0.444. The number of hydrogen-bond acceptors (Lipinski definition) is 3. The smallest absolute Gasteiger partial charge is 0.334 e. The molecule has 0 aliphatic rings. The second-order valence-corrected chi connectivity index (χ2v) is 2.43. The second kappa shape index (κ2) is 6.25. The molecule has 1 atom stereocenters. The number of hydrogen-bond donors (Lipinski definition) is 1. The van der Waals surface area contributed by atoms with Gasteiger partial charge in [0, 0.05) is 0 Å². The van der Waals surface area contributed by atoms with Crippen LogP contribution in [0.4, 0.5) is 0 Å². The minimum atomic E-state index is -1.00. The van der Waals surface area contributed by atoms with E-state index in [1.165, 1.54) is 6.92 Å². The standard InChI is InChI=1S/C9H14O4/c1-4-5-12-8(3)13-6-7(2)9(10)11/h4,6,8H,1,5H2,2-3H3,(H,10,11). The van der Waals surface area contributed by atoms with Crippen LogP contribution in [-0.2, 0) is 14.3 Å². The maximum absolute atomic E-state index is 10.3. The summed E-state index contributed by atoms with van der Waals surface area (Å²) in [5.41, 5.74) is 0.133. The van der Waals surface area contributed by atoms with Gasteiger partial charge in [-0.2, -0.15) is 0 Å². The third-order valence-electron chi connectivity index (χ3n) is 1.22. The molecule has 0 spiro atoms. The van der Waals surface area contributed by atoms with Gasteiger partial charge in [-0.05, 0) is 13.8 Å². The normalized spacial score (nSPS) is 13.5. The molecule has 4 heteroatoms. The van der Waals surface area contributed by atoms with E-state index in [2.05, 4.69) is 6.58 Å². The van der Waals surface area contributed by atoms with E-state index in [0.717, 1.165) is 6.26 Å². The van der Waals surface area contributed by atoms with Crippen molar-refractivity contribution in [2.24, 2.45) is 0 Å².